The van der Waals surface area contributed by atoms with Crippen LogP contribution >= 0.6 is 0 Å². The van der Waals surface area contributed by atoms with Crippen LogP contribution in [0, 0.1) is 12.3 Å². The van der Waals surface area contributed by atoms with Gasteiger partial charge >= 0.3 is 0 Å². The first-order chi connectivity index (χ1) is 7.88. The predicted octanol–water partition coefficient (Wildman–Crippen LogP) is 1.95. The molecule has 2 heterocycles. The Morgan fingerprint density at radius 3 is 2.71 bits per heavy atom. The molecular formula is C13H20N4. The standard InChI is InChI=1S/C13H20N4/c1-9-5-10(7-11(14)13(2,3)4)17-12(6-9)15-8-16-17/h5-6,8,11H,7,14H2,1-4H3. The number of aromatic nitrogens is 3. The van der Waals surface area contributed by atoms with E-state index in [0.717, 1.165) is 17.8 Å². The van der Waals surface area contributed by atoms with Crippen molar-refractivity contribution in [1.29, 1.82) is 0 Å². The van der Waals surface area contributed by atoms with Gasteiger partial charge in [-0.05, 0) is 30.0 Å². The van der Waals surface area contributed by atoms with Crippen molar-refractivity contribution in [3.05, 3.63) is 29.7 Å². The summed E-state index contributed by atoms with van der Waals surface area (Å²) in [5, 5.41) is 4.24. The molecule has 2 aromatic heterocycles. The van der Waals surface area contributed by atoms with Crippen LogP contribution < -0.4 is 5.73 Å². The maximum Gasteiger partial charge on any atom is 0.155 e. The van der Waals surface area contributed by atoms with Crippen LogP contribution in [0.3, 0.4) is 0 Å². The lowest BCUT2D eigenvalue weighted by Gasteiger charge is -2.27. The summed E-state index contributed by atoms with van der Waals surface area (Å²) in [6, 6.07) is 4.27. The number of aryl methyl sites for hydroxylation is 1. The SMILES string of the molecule is Cc1cc(CC(N)C(C)(C)C)n2ncnc2c1. The van der Waals surface area contributed by atoms with E-state index in [-0.39, 0.29) is 11.5 Å². The van der Waals surface area contributed by atoms with E-state index >= 15 is 0 Å². The molecule has 0 saturated carbocycles. The zero-order chi connectivity index (χ0) is 12.6. The number of pyridine rings is 1. The lowest BCUT2D eigenvalue weighted by molar-refractivity contribution is 0.315. The molecule has 0 aliphatic heterocycles. The largest absolute Gasteiger partial charge is 0.327 e. The minimum Gasteiger partial charge on any atom is -0.327 e. The molecular weight excluding hydrogens is 212 g/mol. The summed E-state index contributed by atoms with van der Waals surface area (Å²) in [6.45, 7) is 8.55. The third-order valence-corrected chi connectivity index (χ3v) is 3.14. The Bertz CT molecular complexity index is 522. The van der Waals surface area contributed by atoms with Gasteiger partial charge in [-0.1, -0.05) is 20.8 Å². The third kappa shape index (κ3) is 2.47. The summed E-state index contributed by atoms with van der Waals surface area (Å²) >= 11 is 0. The van der Waals surface area contributed by atoms with Crippen LogP contribution in [0.25, 0.3) is 5.65 Å². The highest BCUT2D eigenvalue weighted by Crippen LogP contribution is 2.21. The molecule has 0 fully saturated rings. The summed E-state index contributed by atoms with van der Waals surface area (Å²) in [7, 11) is 0. The second-order valence-corrected chi connectivity index (χ2v) is 5.73. The Kier molecular flexibility index (Phi) is 2.91. The van der Waals surface area contributed by atoms with Gasteiger partial charge in [0.25, 0.3) is 0 Å². The van der Waals surface area contributed by atoms with E-state index in [9.17, 15) is 0 Å². The third-order valence-electron chi connectivity index (χ3n) is 3.14. The molecule has 0 bridgehead atoms. The minimum absolute atomic E-state index is 0.0939. The molecule has 4 nitrogen and oxygen atoms in total. The smallest absolute Gasteiger partial charge is 0.155 e. The number of hydrogen-bond acceptors (Lipinski definition) is 3. The summed E-state index contributed by atoms with van der Waals surface area (Å²) < 4.78 is 1.87. The van der Waals surface area contributed by atoms with Gasteiger partial charge in [-0.25, -0.2) is 9.50 Å². The number of rotatable bonds is 2. The molecule has 0 spiro atoms. The van der Waals surface area contributed by atoms with Gasteiger partial charge in [0.2, 0.25) is 0 Å². The van der Waals surface area contributed by atoms with Crippen LogP contribution in [-0.2, 0) is 6.42 Å². The predicted molar refractivity (Wildman–Crippen MR) is 68.9 cm³/mol. The maximum absolute atomic E-state index is 6.23. The van der Waals surface area contributed by atoms with E-state index in [2.05, 4.69) is 43.8 Å². The molecule has 0 saturated heterocycles. The van der Waals surface area contributed by atoms with Crippen molar-refractivity contribution in [2.75, 3.05) is 0 Å². The molecule has 0 aromatic carbocycles. The molecule has 92 valence electrons. The fourth-order valence-electron chi connectivity index (χ4n) is 1.82. The molecule has 0 amide bonds. The Hall–Kier alpha value is -1.42. The van der Waals surface area contributed by atoms with Crippen LogP contribution in [0.5, 0.6) is 0 Å². The van der Waals surface area contributed by atoms with Gasteiger partial charge in [0.15, 0.2) is 5.65 Å². The number of nitrogens with zero attached hydrogens (tertiary/aromatic N) is 3. The van der Waals surface area contributed by atoms with E-state index in [4.69, 9.17) is 5.73 Å². The molecule has 2 aromatic rings. The van der Waals surface area contributed by atoms with Gasteiger partial charge in [0.1, 0.15) is 6.33 Å². The van der Waals surface area contributed by atoms with E-state index in [1.165, 1.54) is 5.56 Å². The average molecular weight is 232 g/mol. The van der Waals surface area contributed by atoms with E-state index in [1.54, 1.807) is 6.33 Å². The lowest BCUT2D eigenvalue weighted by Crippen LogP contribution is -2.37. The lowest BCUT2D eigenvalue weighted by atomic mass is 9.84. The summed E-state index contributed by atoms with van der Waals surface area (Å²) in [6.07, 6.45) is 2.39. The van der Waals surface area contributed by atoms with Crippen molar-refractivity contribution in [3.63, 3.8) is 0 Å². The second kappa shape index (κ2) is 4.11. The van der Waals surface area contributed by atoms with Crippen molar-refractivity contribution in [2.45, 2.75) is 40.2 Å². The second-order valence-electron chi connectivity index (χ2n) is 5.73. The first-order valence-corrected chi connectivity index (χ1v) is 5.93. The molecule has 0 radical (unpaired) electrons. The van der Waals surface area contributed by atoms with Gasteiger partial charge in [0, 0.05) is 18.2 Å². The van der Waals surface area contributed by atoms with Crippen molar-refractivity contribution >= 4 is 5.65 Å². The van der Waals surface area contributed by atoms with Crippen LogP contribution in [0.2, 0.25) is 0 Å². The molecule has 0 aliphatic rings. The Morgan fingerprint density at radius 1 is 1.35 bits per heavy atom. The molecule has 2 rings (SSSR count). The van der Waals surface area contributed by atoms with Crippen LogP contribution in [-0.4, -0.2) is 20.6 Å². The summed E-state index contributed by atoms with van der Waals surface area (Å²) in [5.41, 5.74) is 9.54. The first-order valence-electron chi connectivity index (χ1n) is 5.93. The molecule has 17 heavy (non-hydrogen) atoms. The van der Waals surface area contributed by atoms with Crippen molar-refractivity contribution in [1.82, 2.24) is 14.6 Å². The Morgan fingerprint density at radius 2 is 2.06 bits per heavy atom. The fraction of sp³-hybridized carbons (Fsp3) is 0.538. The highest BCUT2D eigenvalue weighted by atomic mass is 15.3. The van der Waals surface area contributed by atoms with Crippen LogP contribution in [0.4, 0.5) is 0 Å². The molecule has 1 atom stereocenters. The number of nitrogens with two attached hydrogens (primary N) is 1. The van der Waals surface area contributed by atoms with Gasteiger partial charge in [-0.3, -0.25) is 0 Å². The van der Waals surface area contributed by atoms with Crippen molar-refractivity contribution < 1.29 is 0 Å². The Labute approximate surface area is 102 Å². The molecule has 4 heteroatoms. The van der Waals surface area contributed by atoms with Gasteiger partial charge in [0.05, 0.1) is 0 Å². The Balaban J connectivity index is 2.38. The summed E-state index contributed by atoms with van der Waals surface area (Å²) in [4.78, 5) is 4.22. The van der Waals surface area contributed by atoms with Crippen LogP contribution in [0.15, 0.2) is 18.5 Å². The van der Waals surface area contributed by atoms with E-state index in [1.807, 2.05) is 10.6 Å². The van der Waals surface area contributed by atoms with E-state index in [0.29, 0.717) is 0 Å². The zero-order valence-electron chi connectivity index (χ0n) is 10.9. The van der Waals surface area contributed by atoms with Crippen molar-refractivity contribution in [2.24, 2.45) is 11.1 Å². The quantitative estimate of drug-likeness (QED) is 0.861. The normalized spacial score (nSPS) is 14.2. The molecule has 2 N–H and O–H groups in total. The van der Waals surface area contributed by atoms with Crippen LogP contribution in [0.1, 0.15) is 32.0 Å². The number of fused-ring (bicyclic) bond motifs is 1. The zero-order valence-corrected chi connectivity index (χ0v) is 10.9. The minimum atomic E-state index is 0.0939. The fourth-order valence-corrected chi connectivity index (χ4v) is 1.82. The first kappa shape index (κ1) is 12.0. The van der Waals surface area contributed by atoms with Gasteiger partial charge in [-0.15, -0.1) is 0 Å². The van der Waals surface area contributed by atoms with Gasteiger partial charge in [-0.2, -0.15) is 5.10 Å². The monoisotopic (exact) mass is 232 g/mol. The van der Waals surface area contributed by atoms with E-state index < -0.39 is 0 Å². The molecule has 0 aliphatic carbocycles. The molecule has 1 unspecified atom stereocenters. The maximum atomic E-state index is 6.23. The highest BCUT2D eigenvalue weighted by molar-refractivity contribution is 5.41. The average Bonchev–Trinajstić information content (AvgIpc) is 2.63. The highest BCUT2D eigenvalue weighted by Gasteiger charge is 2.22. The summed E-state index contributed by atoms with van der Waals surface area (Å²) in [5.74, 6) is 0. The number of hydrogen-bond donors (Lipinski definition) is 1. The van der Waals surface area contributed by atoms with Gasteiger partial charge < -0.3 is 5.73 Å². The van der Waals surface area contributed by atoms with Crippen molar-refractivity contribution in [3.8, 4) is 0 Å². The topological polar surface area (TPSA) is 56.2 Å².